The number of ether oxygens (including phenoxy) is 3. The molecule has 0 atom stereocenters. The predicted octanol–water partition coefficient (Wildman–Crippen LogP) is 6.34. The molecular formula is C25H20ClNO4S2. The number of rotatable bonds is 7. The van der Waals surface area contributed by atoms with Crippen molar-refractivity contribution in [2.24, 2.45) is 0 Å². The van der Waals surface area contributed by atoms with Crippen LogP contribution in [0.15, 0.2) is 71.6 Å². The highest BCUT2D eigenvalue weighted by Gasteiger charge is 2.35. The first kappa shape index (κ1) is 23.2. The van der Waals surface area contributed by atoms with Crippen molar-refractivity contribution >= 4 is 57.6 Å². The first-order valence-electron chi connectivity index (χ1n) is 9.97. The number of hydrogen-bond acceptors (Lipinski definition) is 6. The first-order valence-corrected chi connectivity index (χ1v) is 11.6. The van der Waals surface area contributed by atoms with Crippen LogP contribution < -0.4 is 19.1 Å². The van der Waals surface area contributed by atoms with E-state index in [0.29, 0.717) is 49.4 Å². The second kappa shape index (κ2) is 10.3. The predicted molar refractivity (Wildman–Crippen MR) is 137 cm³/mol. The van der Waals surface area contributed by atoms with Crippen LogP contribution in [0.1, 0.15) is 11.1 Å². The van der Waals surface area contributed by atoms with Gasteiger partial charge < -0.3 is 14.2 Å². The van der Waals surface area contributed by atoms with Gasteiger partial charge in [0.15, 0.2) is 15.8 Å². The number of thioether (sulfide) groups is 1. The number of methoxy groups -OCH3 is 2. The number of thiocarbonyl (C=S) groups is 1. The number of nitrogens with zero attached hydrogens (tertiary/aromatic N) is 1. The number of anilines is 1. The van der Waals surface area contributed by atoms with Gasteiger partial charge in [-0.1, -0.05) is 72.0 Å². The molecule has 168 valence electrons. The van der Waals surface area contributed by atoms with E-state index in [4.69, 9.17) is 38.0 Å². The van der Waals surface area contributed by atoms with Crippen molar-refractivity contribution in [3.8, 4) is 17.2 Å². The molecule has 0 aromatic heterocycles. The molecule has 3 aromatic rings. The molecular weight excluding hydrogens is 478 g/mol. The summed E-state index contributed by atoms with van der Waals surface area (Å²) in [5, 5.41) is 0.661. The van der Waals surface area contributed by atoms with Gasteiger partial charge in [0.1, 0.15) is 12.4 Å². The molecule has 1 aliphatic rings. The van der Waals surface area contributed by atoms with Gasteiger partial charge in [0.05, 0.1) is 24.8 Å². The summed E-state index contributed by atoms with van der Waals surface area (Å²) in [6, 6.07) is 20.2. The SMILES string of the molecule is COc1ccccc1N1C(=O)/C(=C\c2cccc(OC)c2OCc2ccc(Cl)cc2)SC1=S. The number of para-hydroxylation sites is 3. The molecule has 0 aliphatic carbocycles. The van der Waals surface area contributed by atoms with E-state index < -0.39 is 0 Å². The normalized spacial score (nSPS) is 14.6. The van der Waals surface area contributed by atoms with Crippen LogP contribution in [0, 0.1) is 0 Å². The lowest BCUT2D eigenvalue weighted by molar-refractivity contribution is -0.113. The number of carbonyl (C=O) groups is 1. The van der Waals surface area contributed by atoms with Gasteiger partial charge in [-0.05, 0) is 42.0 Å². The van der Waals surface area contributed by atoms with Gasteiger partial charge in [-0.25, -0.2) is 0 Å². The van der Waals surface area contributed by atoms with Crippen LogP contribution in [0.4, 0.5) is 5.69 Å². The van der Waals surface area contributed by atoms with Crippen LogP contribution in [0.25, 0.3) is 6.08 Å². The third-order valence-electron chi connectivity index (χ3n) is 4.93. The summed E-state index contributed by atoms with van der Waals surface area (Å²) in [5.41, 5.74) is 2.28. The van der Waals surface area contributed by atoms with E-state index in [0.717, 1.165) is 5.56 Å². The first-order chi connectivity index (χ1) is 16.0. The van der Waals surface area contributed by atoms with E-state index in [9.17, 15) is 4.79 Å². The van der Waals surface area contributed by atoms with E-state index in [1.54, 1.807) is 32.4 Å². The fourth-order valence-corrected chi connectivity index (χ4v) is 4.73. The number of benzene rings is 3. The standard InChI is InChI=1S/C25H20ClNO4S2/c1-29-20-8-4-3-7-19(20)27-24(28)22(33-25(27)32)14-17-6-5-9-21(30-2)23(17)31-15-16-10-12-18(26)13-11-16/h3-14H,15H2,1-2H3/b22-14+. The fraction of sp³-hybridized carbons (Fsp3) is 0.120. The lowest BCUT2D eigenvalue weighted by Crippen LogP contribution is -2.27. The zero-order valence-corrected chi connectivity index (χ0v) is 20.3. The summed E-state index contributed by atoms with van der Waals surface area (Å²) < 4.78 is 17.5. The van der Waals surface area contributed by atoms with Crippen LogP contribution in [-0.2, 0) is 11.4 Å². The van der Waals surface area contributed by atoms with Crippen molar-refractivity contribution in [3.63, 3.8) is 0 Å². The summed E-state index contributed by atoms with van der Waals surface area (Å²) in [7, 11) is 3.14. The third-order valence-corrected chi connectivity index (χ3v) is 6.49. The van der Waals surface area contributed by atoms with Gasteiger partial charge in [-0.15, -0.1) is 0 Å². The van der Waals surface area contributed by atoms with E-state index in [1.165, 1.54) is 16.7 Å². The van der Waals surface area contributed by atoms with Crippen LogP contribution in [0.2, 0.25) is 5.02 Å². The molecule has 0 N–H and O–H groups in total. The van der Waals surface area contributed by atoms with Gasteiger partial charge in [0.25, 0.3) is 5.91 Å². The second-order valence-electron chi connectivity index (χ2n) is 6.98. The third kappa shape index (κ3) is 5.00. The maximum absolute atomic E-state index is 13.3. The summed E-state index contributed by atoms with van der Waals surface area (Å²) in [5.74, 6) is 1.46. The van der Waals surface area contributed by atoms with E-state index in [1.807, 2.05) is 54.6 Å². The topological polar surface area (TPSA) is 48.0 Å². The van der Waals surface area contributed by atoms with Crippen LogP contribution in [-0.4, -0.2) is 24.4 Å². The molecule has 0 spiro atoms. The average molecular weight is 498 g/mol. The Bertz CT molecular complexity index is 1230. The van der Waals surface area contributed by atoms with Crippen molar-refractivity contribution in [2.75, 3.05) is 19.1 Å². The molecule has 1 fully saturated rings. The number of carbonyl (C=O) groups excluding carboxylic acids is 1. The number of halogens is 1. The van der Waals surface area contributed by atoms with Crippen molar-refractivity contribution in [3.05, 3.63) is 87.8 Å². The highest BCUT2D eigenvalue weighted by Crippen LogP contribution is 2.41. The second-order valence-corrected chi connectivity index (χ2v) is 9.09. The Hall–Kier alpha value is -3.00. The van der Waals surface area contributed by atoms with Crippen molar-refractivity contribution < 1.29 is 19.0 Å². The molecule has 0 radical (unpaired) electrons. The Kier molecular flexibility index (Phi) is 7.23. The van der Waals surface area contributed by atoms with Crippen molar-refractivity contribution in [2.45, 2.75) is 6.61 Å². The molecule has 1 aliphatic heterocycles. The van der Waals surface area contributed by atoms with E-state index >= 15 is 0 Å². The molecule has 0 unspecified atom stereocenters. The van der Waals surface area contributed by atoms with Gasteiger partial charge in [-0.3, -0.25) is 9.69 Å². The minimum Gasteiger partial charge on any atom is -0.495 e. The van der Waals surface area contributed by atoms with E-state index in [-0.39, 0.29) is 5.91 Å². The van der Waals surface area contributed by atoms with Gasteiger partial charge in [0, 0.05) is 10.6 Å². The van der Waals surface area contributed by atoms with E-state index in [2.05, 4.69) is 0 Å². The summed E-state index contributed by atoms with van der Waals surface area (Å²) in [6.45, 7) is 0.320. The Morgan fingerprint density at radius 1 is 0.970 bits per heavy atom. The maximum Gasteiger partial charge on any atom is 0.270 e. The van der Waals surface area contributed by atoms with Crippen LogP contribution >= 0.6 is 35.6 Å². The van der Waals surface area contributed by atoms with Crippen LogP contribution in [0.5, 0.6) is 17.2 Å². The zero-order chi connectivity index (χ0) is 23.4. The molecule has 4 rings (SSSR count). The highest BCUT2D eigenvalue weighted by atomic mass is 35.5. The number of hydrogen-bond donors (Lipinski definition) is 0. The largest absolute Gasteiger partial charge is 0.495 e. The minimum atomic E-state index is -0.221. The van der Waals surface area contributed by atoms with Gasteiger partial charge in [-0.2, -0.15) is 0 Å². The Labute approximate surface area is 206 Å². The molecule has 1 saturated heterocycles. The highest BCUT2D eigenvalue weighted by molar-refractivity contribution is 8.27. The summed E-state index contributed by atoms with van der Waals surface area (Å²) in [4.78, 5) is 15.2. The average Bonchev–Trinajstić information content (AvgIpc) is 3.11. The van der Waals surface area contributed by atoms with Crippen molar-refractivity contribution in [1.29, 1.82) is 0 Å². The van der Waals surface area contributed by atoms with Crippen molar-refractivity contribution in [1.82, 2.24) is 0 Å². The molecule has 1 heterocycles. The Morgan fingerprint density at radius 2 is 1.67 bits per heavy atom. The fourth-order valence-electron chi connectivity index (χ4n) is 3.33. The molecule has 0 saturated carbocycles. The summed E-state index contributed by atoms with van der Waals surface area (Å²) >= 11 is 12.7. The molecule has 3 aromatic carbocycles. The maximum atomic E-state index is 13.3. The lowest BCUT2D eigenvalue weighted by Gasteiger charge is -2.17. The monoisotopic (exact) mass is 497 g/mol. The molecule has 1 amide bonds. The number of amides is 1. The van der Waals surface area contributed by atoms with Crippen LogP contribution in [0.3, 0.4) is 0 Å². The molecule has 5 nitrogen and oxygen atoms in total. The molecule has 0 bridgehead atoms. The zero-order valence-electron chi connectivity index (χ0n) is 17.9. The Balaban J connectivity index is 1.65. The van der Waals surface area contributed by atoms with Gasteiger partial charge >= 0.3 is 0 Å². The van der Waals surface area contributed by atoms with Gasteiger partial charge in [0.2, 0.25) is 0 Å². The minimum absolute atomic E-state index is 0.221. The quantitative estimate of drug-likeness (QED) is 0.280. The molecule has 33 heavy (non-hydrogen) atoms. The lowest BCUT2D eigenvalue weighted by atomic mass is 10.1. The molecule has 8 heteroatoms. The Morgan fingerprint density at radius 3 is 2.39 bits per heavy atom. The summed E-state index contributed by atoms with van der Waals surface area (Å²) in [6.07, 6.45) is 1.77. The smallest absolute Gasteiger partial charge is 0.270 e.